The fraction of sp³-hybridized carbons (Fsp3) is 0.545. The van der Waals surface area contributed by atoms with Crippen LogP contribution in [-0.4, -0.2) is 37.9 Å². The Bertz CT molecular complexity index is 821. The summed E-state index contributed by atoms with van der Waals surface area (Å²) < 4.78 is 3.85. The van der Waals surface area contributed by atoms with Gasteiger partial charge in [0.25, 0.3) is 5.91 Å². The molecular weight excluding hydrogens is 384 g/mol. The fourth-order valence-corrected chi connectivity index (χ4v) is 4.31. The first-order chi connectivity index (χ1) is 13.8. The highest BCUT2D eigenvalue weighted by Crippen LogP contribution is 2.33. The van der Waals surface area contributed by atoms with Gasteiger partial charge in [-0.05, 0) is 62.7 Å². The summed E-state index contributed by atoms with van der Waals surface area (Å²) >= 11 is 1.15. The van der Waals surface area contributed by atoms with Crippen LogP contribution in [0.4, 0.5) is 0 Å². The Morgan fingerprint density at radius 1 is 1.21 bits per heavy atom. The van der Waals surface area contributed by atoms with Crippen LogP contribution in [0, 0.1) is 0 Å². The van der Waals surface area contributed by atoms with Crippen LogP contribution in [0.3, 0.4) is 0 Å². The number of hydrogen-bond donors (Lipinski definition) is 1. The molecule has 1 heterocycles. The molecule has 1 N–H and O–H groups in total. The molecule has 0 bridgehead atoms. The predicted molar refractivity (Wildman–Crippen MR) is 115 cm³/mol. The standard InChI is InChI=1S/C22H30N4O2S/c1-5-15-10-12-16(13-11-15)19(20(27)23-22(2,3)4)26(17-8-6-7-9-17)21(28)18-14-29-25-24-18/h10-14,17,19H,5-9H2,1-4H3,(H,23,27). The van der Waals surface area contributed by atoms with Crippen molar-refractivity contribution in [1.82, 2.24) is 19.8 Å². The summed E-state index contributed by atoms with van der Waals surface area (Å²) in [6.07, 6.45) is 4.85. The van der Waals surface area contributed by atoms with Crippen molar-refractivity contribution >= 4 is 23.3 Å². The van der Waals surface area contributed by atoms with Gasteiger partial charge in [0.05, 0.1) is 0 Å². The average Bonchev–Trinajstić information content (AvgIpc) is 3.38. The molecule has 156 valence electrons. The highest BCUT2D eigenvalue weighted by Gasteiger charge is 2.39. The van der Waals surface area contributed by atoms with E-state index in [1.54, 1.807) is 10.3 Å². The number of nitrogens with one attached hydrogen (secondary N) is 1. The van der Waals surface area contributed by atoms with Crippen molar-refractivity contribution in [2.24, 2.45) is 0 Å². The van der Waals surface area contributed by atoms with Crippen molar-refractivity contribution in [2.45, 2.75) is 77.4 Å². The van der Waals surface area contributed by atoms with Crippen molar-refractivity contribution in [1.29, 1.82) is 0 Å². The summed E-state index contributed by atoms with van der Waals surface area (Å²) in [6.45, 7) is 7.96. The Hall–Kier alpha value is -2.28. The van der Waals surface area contributed by atoms with Crippen molar-refractivity contribution < 1.29 is 9.59 Å². The van der Waals surface area contributed by atoms with Crippen LogP contribution in [0.5, 0.6) is 0 Å². The molecule has 1 fully saturated rings. The van der Waals surface area contributed by atoms with Crippen molar-refractivity contribution in [3.63, 3.8) is 0 Å². The summed E-state index contributed by atoms with van der Waals surface area (Å²) in [5, 5.41) is 8.73. The summed E-state index contributed by atoms with van der Waals surface area (Å²) in [4.78, 5) is 28.7. The Morgan fingerprint density at radius 2 is 1.86 bits per heavy atom. The first-order valence-corrected chi connectivity index (χ1v) is 11.1. The van der Waals surface area contributed by atoms with Crippen molar-refractivity contribution in [3.05, 3.63) is 46.5 Å². The summed E-state index contributed by atoms with van der Waals surface area (Å²) in [7, 11) is 0. The van der Waals surface area contributed by atoms with Crippen LogP contribution in [0.25, 0.3) is 0 Å². The third kappa shape index (κ3) is 5.21. The van der Waals surface area contributed by atoms with E-state index in [0.29, 0.717) is 5.69 Å². The predicted octanol–water partition coefficient (Wildman–Crippen LogP) is 4.14. The number of aryl methyl sites for hydroxylation is 1. The van der Waals surface area contributed by atoms with Crippen LogP contribution < -0.4 is 5.32 Å². The molecule has 7 heteroatoms. The van der Waals surface area contributed by atoms with Crippen LogP contribution >= 0.6 is 11.5 Å². The molecule has 2 amide bonds. The monoisotopic (exact) mass is 414 g/mol. The maximum Gasteiger partial charge on any atom is 0.276 e. The van der Waals surface area contributed by atoms with Gasteiger partial charge in [-0.2, -0.15) is 0 Å². The zero-order valence-electron chi connectivity index (χ0n) is 17.6. The molecule has 1 aromatic heterocycles. The van der Waals surface area contributed by atoms with Gasteiger partial charge in [-0.1, -0.05) is 48.5 Å². The molecule has 1 aliphatic rings. The zero-order valence-corrected chi connectivity index (χ0v) is 18.5. The van der Waals surface area contributed by atoms with Gasteiger partial charge >= 0.3 is 0 Å². The van der Waals surface area contributed by atoms with Gasteiger partial charge in [0, 0.05) is 17.0 Å². The van der Waals surface area contributed by atoms with Crippen LogP contribution in [-0.2, 0) is 11.2 Å². The molecule has 1 unspecified atom stereocenters. The molecule has 1 atom stereocenters. The van der Waals surface area contributed by atoms with Crippen molar-refractivity contribution in [3.8, 4) is 0 Å². The molecule has 1 saturated carbocycles. The summed E-state index contributed by atoms with van der Waals surface area (Å²) in [6, 6.07) is 7.34. The third-order valence-corrected chi connectivity index (χ3v) is 5.76. The molecule has 3 rings (SSSR count). The molecule has 0 aliphatic heterocycles. The van der Waals surface area contributed by atoms with E-state index in [2.05, 4.69) is 21.8 Å². The minimum atomic E-state index is -0.697. The Labute approximate surface area is 176 Å². The van der Waals surface area contributed by atoms with Crippen LogP contribution in [0.1, 0.15) is 81.0 Å². The number of amides is 2. The van der Waals surface area contributed by atoms with Gasteiger partial charge in [-0.15, -0.1) is 5.10 Å². The number of hydrogen-bond acceptors (Lipinski definition) is 5. The van der Waals surface area contributed by atoms with E-state index >= 15 is 0 Å². The van der Waals surface area contributed by atoms with Gasteiger partial charge in [-0.3, -0.25) is 9.59 Å². The first kappa shape index (κ1) is 21.4. The largest absolute Gasteiger partial charge is 0.349 e. The van der Waals surface area contributed by atoms with E-state index < -0.39 is 11.6 Å². The molecule has 0 saturated heterocycles. The van der Waals surface area contributed by atoms with E-state index in [1.807, 2.05) is 45.0 Å². The smallest absolute Gasteiger partial charge is 0.276 e. The fourth-order valence-electron chi connectivity index (χ4n) is 3.88. The van der Waals surface area contributed by atoms with E-state index in [1.165, 1.54) is 5.56 Å². The van der Waals surface area contributed by atoms with E-state index in [-0.39, 0.29) is 17.9 Å². The van der Waals surface area contributed by atoms with Crippen molar-refractivity contribution in [2.75, 3.05) is 0 Å². The lowest BCUT2D eigenvalue weighted by atomic mass is 9.97. The number of carbonyl (C=O) groups is 2. The number of nitrogens with zero attached hydrogens (tertiary/aromatic N) is 3. The molecule has 6 nitrogen and oxygen atoms in total. The normalized spacial score (nSPS) is 15.9. The topological polar surface area (TPSA) is 75.2 Å². The first-order valence-electron chi connectivity index (χ1n) is 10.3. The van der Waals surface area contributed by atoms with Crippen LogP contribution in [0.15, 0.2) is 29.6 Å². The number of rotatable bonds is 6. The molecule has 0 radical (unpaired) electrons. The lowest BCUT2D eigenvalue weighted by molar-refractivity contribution is -0.128. The van der Waals surface area contributed by atoms with E-state index in [0.717, 1.165) is 49.2 Å². The quantitative estimate of drug-likeness (QED) is 0.771. The number of aromatic nitrogens is 2. The Morgan fingerprint density at radius 3 is 2.38 bits per heavy atom. The molecule has 0 spiro atoms. The third-order valence-electron chi connectivity index (χ3n) is 5.26. The maximum absolute atomic E-state index is 13.5. The molecule has 29 heavy (non-hydrogen) atoms. The van der Waals surface area contributed by atoms with Gasteiger partial charge in [0.2, 0.25) is 5.91 Å². The second kappa shape index (κ2) is 9.03. The summed E-state index contributed by atoms with van der Waals surface area (Å²) in [5.41, 5.74) is 1.94. The molecule has 1 aliphatic carbocycles. The second-order valence-electron chi connectivity index (χ2n) is 8.68. The van der Waals surface area contributed by atoms with Gasteiger partial charge in [-0.25, -0.2) is 0 Å². The molecule has 2 aromatic rings. The van der Waals surface area contributed by atoms with Crippen LogP contribution in [0.2, 0.25) is 0 Å². The number of carbonyl (C=O) groups excluding carboxylic acids is 2. The van der Waals surface area contributed by atoms with E-state index in [9.17, 15) is 9.59 Å². The lowest BCUT2D eigenvalue weighted by Crippen LogP contribution is -2.51. The zero-order chi connectivity index (χ0) is 21.0. The highest BCUT2D eigenvalue weighted by atomic mass is 32.1. The second-order valence-corrected chi connectivity index (χ2v) is 9.29. The number of benzene rings is 1. The summed E-state index contributed by atoms with van der Waals surface area (Å²) in [5.74, 6) is -0.385. The highest BCUT2D eigenvalue weighted by molar-refractivity contribution is 7.03. The maximum atomic E-state index is 13.5. The Balaban J connectivity index is 2.05. The van der Waals surface area contributed by atoms with Gasteiger partial charge in [0.15, 0.2) is 5.69 Å². The van der Waals surface area contributed by atoms with Gasteiger partial charge < -0.3 is 10.2 Å². The minimum absolute atomic E-state index is 0.0192. The lowest BCUT2D eigenvalue weighted by Gasteiger charge is -2.37. The minimum Gasteiger partial charge on any atom is -0.349 e. The molecular formula is C22H30N4O2S. The molecule has 1 aromatic carbocycles. The Kier molecular flexibility index (Phi) is 6.67. The van der Waals surface area contributed by atoms with E-state index in [4.69, 9.17) is 0 Å². The average molecular weight is 415 g/mol. The van der Waals surface area contributed by atoms with Gasteiger partial charge in [0.1, 0.15) is 6.04 Å². The SMILES string of the molecule is CCc1ccc(C(C(=O)NC(C)(C)C)N(C(=O)c2csnn2)C2CCCC2)cc1.